The maximum atomic E-state index is 6.18. The number of hydrogen-bond acceptors (Lipinski definition) is 1. The predicted octanol–water partition coefficient (Wildman–Crippen LogP) is 3.80. The van der Waals surface area contributed by atoms with Crippen LogP contribution in [0.4, 0.5) is 0 Å². The SMILES string of the molecule is Cc1cc([C@H](N)C(C)(C)C)ccc1Br. The number of nitrogens with two attached hydrogens (primary N) is 1. The maximum Gasteiger partial charge on any atom is 0.0344 e. The molecule has 0 radical (unpaired) electrons. The van der Waals surface area contributed by atoms with Crippen LogP contribution in [0.3, 0.4) is 0 Å². The largest absolute Gasteiger partial charge is 0.324 e. The Bertz CT molecular complexity index is 326. The van der Waals surface area contributed by atoms with Gasteiger partial charge in [-0.1, -0.05) is 48.8 Å². The summed E-state index contributed by atoms with van der Waals surface area (Å²) in [7, 11) is 0. The molecular formula is C12H18BrN. The molecule has 1 atom stereocenters. The summed E-state index contributed by atoms with van der Waals surface area (Å²) in [4.78, 5) is 0. The highest BCUT2D eigenvalue weighted by Gasteiger charge is 2.22. The van der Waals surface area contributed by atoms with Gasteiger partial charge in [0.05, 0.1) is 0 Å². The minimum Gasteiger partial charge on any atom is -0.324 e. The molecule has 1 aromatic rings. The third-order valence-electron chi connectivity index (χ3n) is 2.47. The fraction of sp³-hybridized carbons (Fsp3) is 0.500. The van der Waals surface area contributed by atoms with Crippen molar-refractivity contribution in [1.29, 1.82) is 0 Å². The summed E-state index contributed by atoms with van der Waals surface area (Å²) in [5.41, 5.74) is 8.73. The standard InChI is InChI=1S/C12H18BrN/c1-8-7-9(5-6-10(8)13)11(14)12(2,3)4/h5-7,11H,14H2,1-4H3/t11-/m0/s1. The molecular weight excluding hydrogens is 238 g/mol. The van der Waals surface area contributed by atoms with Gasteiger partial charge in [-0.3, -0.25) is 0 Å². The molecule has 0 aliphatic carbocycles. The van der Waals surface area contributed by atoms with Crippen molar-refractivity contribution < 1.29 is 0 Å². The van der Waals surface area contributed by atoms with Gasteiger partial charge in [0.2, 0.25) is 0 Å². The minimum absolute atomic E-state index is 0.0919. The zero-order valence-corrected chi connectivity index (χ0v) is 10.9. The topological polar surface area (TPSA) is 26.0 Å². The van der Waals surface area contributed by atoms with E-state index in [2.05, 4.69) is 61.8 Å². The van der Waals surface area contributed by atoms with E-state index in [1.807, 2.05) is 0 Å². The average Bonchev–Trinajstić information content (AvgIpc) is 2.07. The first-order chi connectivity index (χ1) is 6.32. The molecule has 1 rings (SSSR count). The van der Waals surface area contributed by atoms with Crippen molar-refractivity contribution in [3.05, 3.63) is 33.8 Å². The van der Waals surface area contributed by atoms with Crippen LogP contribution >= 0.6 is 15.9 Å². The lowest BCUT2D eigenvalue weighted by atomic mass is 9.83. The Balaban J connectivity index is 3.03. The van der Waals surface area contributed by atoms with Crippen LogP contribution in [0.25, 0.3) is 0 Å². The smallest absolute Gasteiger partial charge is 0.0344 e. The molecule has 78 valence electrons. The fourth-order valence-electron chi connectivity index (χ4n) is 1.36. The molecule has 2 heteroatoms. The Kier molecular flexibility index (Phi) is 3.38. The van der Waals surface area contributed by atoms with Crippen molar-refractivity contribution in [2.45, 2.75) is 33.7 Å². The number of aryl methyl sites for hydroxylation is 1. The molecule has 1 aromatic carbocycles. The highest BCUT2D eigenvalue weighted by molar-refractivity contribution is 9.10. The lowest BCUT2D eigenvalue weighted by molar-refractivity contribution is 0.327. The number of rotatable bonds is 1. The number of benzene rings is 1. The first-order valence-electron chi connectivity index (χ1n) is 4.84. The van der Waals surface area contributed by atoms with Crippen LogP contribution in [0.2, 0.25) is 0 Å². The van der Waals surface area contributed by atoms with Gasteiger partial charge in [0, 0.05) is 10.5 Å². The van der Waals surface area contributed by atoms with E-state index in [0.717, 1.165) is 4.47 Å². The molecule has 0 amide bonds. The highest BCUT2D eigenvalue weighted by atomic mass is 79.9. The minimum atomic E-state index is 0.0919. The normalized spacial score (nSPS) is 14.1. The summed E-state index contributed by atoms with van der Waals surface area (Å²) < 4.78 is 1.14. The Morgan fingerprint density at radius 3 is 2.29 bits per heavy atom. The van der Waals surface area contributed by atoms with Crippen molar-refractivity contribution in [3.8, 4) is 0 Å². The van der Waals surface area contributed by atoms with Gasteiger partial charge in [0.1, 0.15) is 0 Å². The van der Waals surface area contributed by atoms with E-state index in [4.69, 9.17) is 5.73 Å². The summed E-state index contributed by atoms with van der Waals surface area (Å²) in [6, 6.07) is 6.40. The van der Waals surface area contributed by atoms with Crippen molar-refractivity contribution in [1.82, 2.24) is 0 Å². The lowest BCUT2D eigenvalue weighted by Gasteiger charge is -2.27. The van der Waals surface area contributed by atoms with Crippen LogP contribution in [0, 0.1) is 12.3 Å². The van der Waals surface area contributed by atoms with Gasteiger partial charge in [-0.05, 0) is 29.5 Å². The van der Waals surface area contributed by atoms with Crippen LogP contribution in [0.1, 0.15) is 37.9 Å². The van der Waals surface area contributed by atoms with Crippen LogP contribution in [-0.4, -0.2) is 0 Å². The first-order valence-corrected chi connectivity index (χ1v) is 5.63. The van der Waals surface area contributed by atoms with Crippen LogP contribution in [0.5, 0.6) is 0 Å². The van der Waals surface area contributed by atoms with Gasteiger partial charge in [0.25, 0.3) is 0 Å². The third-order valence-corrected chi connectivity index (χ3v) is 3.36. The van der Waals surface area contributed by atoms with Crippen LogP contribution in [-0.2, 0) is 0 Å². The van der Waals surface area contributed by atoms with E-state index in [1.54, 1.807) is 0 Å². The molecule has 2 N–H and O–H groups in total. The van der Waals surface area contributed by atoms with E-state index in [-0.39, 0.29) is 11.5 Å². The molecule has 0 bridgehead atoms. The second-order valence-electron chi connectivity index (χ2n) is 4.85. The quantitative estimate of drug-likeness (QED) is 0.812. The molecule has 1 nitrogen and oxygen atoms in total. The van der Waals surface area contributed by atoms with E-state index in [9.17, 15) is 0 Å². The summed E-state index contributed by atoms with van der Waals surface area (Å²) >= 11 is 3.49. The molecule has 0 spiro atoms. The highest BCUT2D eigenvalue weighted by Crippen LogP contribution is 2.31. The number of halogens is 1. The van der Waals surface area contributed by atoms with Gasteiger partial charge >= 0.3 is 0 Å². The van der Waals surface area contributed by atoms with Gasteiger partial charge in [0.15, 0.2) is 0 Å². The predicted molar refractivity (Wildman–Crippen MR) is 65.3 cm³/mol. The Hall–Kier alpha value is -0.340. The second-order valence-corrected chi connectivity index (χ2v) is 5.71. The summed E-state index contributed by atoms with van der Waals surface area (Å²) in [5.74, 6) is 0. The van der Waals surface area contributed by atoms with Crippen molar-refractivity contribution in [3.63, 3.8) is 0 Å². The van der Waals surface area contributed by atoms with Crippen molar-refractivity contribution in [2.75, 3.05) is 0 Å². The second kappa shape index (κ2) is 4.03. The zero-order chi connectivity index (χ0) is 10.9. The molecule has 14 heavy (non-hydrogen) atoms. The molecule has 0 fully saturated rings. The number of hydrogen-bond donors (Lipinski definition) is 1. The zero-order valence-electron chi connectivity index (χ0n) is 9.26. The summed E-state index contributed by atoms with van der Waals surface area (Å²) in [6.45, 7) is 8.57. The Labute approximate surface area is 94.8 Å². The summed E-state index contributed by atoms with van der Waals surface area (Å²) in [6.07, 6.45) is 0. The Morgan fingerprint density at radius 1 is 1.29 bits per heavy atom. The lowest BCUT2D eigenvalue weighted by Crippen LogP contribution is -2.26. The molecule has 0 saturated carbocycles. The maximum absolute atomic E-state index is 6.18. The monoisotopic (exact) mass is 255 g/mol. The first kappa shape index (κ1) is 11.7. The van der Waals surface area contributed by atoms with E-state index >= 15 is 0 Å². The van der Waals surface area contributed by atoms with Gasteiger partial charge in [-0.25, -0.2) is 0 Å². The van der Waals surface area contributed by atoms with Crippen molar-refractivity contribution >= 4 is 15.9 Å². The molecule has 0 aliphatic rings. The molecule has 0 aromatic heterocycles. The average molecular weight is 256 g/mol. The van der Waals surface area contributed by atoms with E-state index < -0.39 is 0 Å². The van der Waals surface area contributed by atoms with Crippen molar-refractivity contribution in [2.24, 2.45) is 11.1 Å². The van der Waals surface area contributed by atoms with Crippen LogP contribution in [0.15, 0.2) is 22.7 Å². The van der Waals surface area contributed by atoms with Gasteiger partial charge in [-0.15, -0.1) is 0 Å². The van der Waals surface area contributed by atoms with Gasteiger partial charge in [-0.2, -0.15) is 0 Å². The molecule has 0 aliphatic heterocycles. The molecule has 0 saturated heterocycles. The molecule has 0 heterocycles. The molecule has 0 unspecified atom stereocenters. The fourth-order valence-corrected chi connectivity index (χ4v) is 1.61. The van der Waals surface area contributed by atoms with Gasteiger partial charge < -0.3 is 5.73 Å². The summed E-state index contributed by atoms with van der Waals surface area (Å²) in [5, 5.41) is 0. The Morgan fingerprint density at radius 2 is 1.86 bits per heavy atom. The van der Waals surface area contributed by atoms with E-state index in [0.29, 0.717) is 0 Å². The third kappa shape index (κ3) is 2.58. The van der Waals surface area contributed by atoms with Crippen LogP contribution < -0.4 is 5.73 Å². The van der Waals surface area contributed by atoms with E-state index in [1.165, 1.54) is 11.1 Å².